The third kappa shape index (κ3) is 5.03. The first-order valence-electron chi connectivity index (χ1n) is 7.64. The maximum atomic E-state index is 11.9. The minimum atomic E-state index is -0.177. The second-order valence-electron chi connectivity index (χ2n) is 5.00. The third-order valence-electron chi connectivity index (χ3n) is 3.27. The Morgan fingerprint density at radius 1 is 1.25 bits per heavy atom. The Morgan fingerprint density at radius 3 is 2.67 bits per heavy atom. The molecule has 1 N–H and O–H groups in total. The topological polar surface area (TPSA) is 47.6 Å². The summed E-state index contributed by atoms with van der Waals surface area (Å²) in [5.74, 6) is 0.866. The summed E-state index contributed by atoms with van der Waals surface area (Å²) in [6, 6.07) is 13.2. The molecule has 2 aromatic rings. The number of rotatable bonds is 7. The Bertz CT molecular complexity index is 714. The van der Waals surface area contributed by atoms with Crippen LogP contribution in [0.25, 0.3) is 6.08 Å². The molecule has 2 aromatic carbocycles. The van der Waals surface area contributed by atoms with Crippen LogP contribution in [0, 0.1) is 0 Å². The van der Waals surface area contributed by atoms with Crippen molar-refractivity contribution in [1.29, 1.82) is 0 Å². The van der Waals surface area contributed by atoms with Crippen molar-refractivity contribution in [2.75, 3.05) is 13.7 Å². The van der Waals surface area contributed by atoms with Crippen LogP contribution in [0.4, 0.5) is 0 Å². The summed E-state index contributed by atoms with van der Waals surface area (Å²) < 4.78 is 10.8. The molecule has 0 unspecified atom stereocenters. The van der Waals surface area contributed by atoms with E-state index in [1.165, 1.54) is 13.2 Å². The molecule has 126 valence electrons. The van der Waals surface area contributed by atoms with Crippen LogP contribution >= 0.6 is 11.6 Å². The lowest BCUT2D eigenvalue weighted by Crippen LogP contribution is -2.20. The van der Waals surface area contributed by atoms with E-state index < -0.39 is 0 Å². The zero-order chi connectivity index (χ0) is 17.4. The van der Waals surface area contributed by atoms with Crippen LogP contribution < -0.4 is 14.8 Å². The van der Waals surface area contributed by atoms with Crippen molar-refractivity contribution in [3.8, 4) is 11.5 Å². The van der Waals surface area contributed by atoms with Gasteiger partial charge in [0.1, 0.15) is 0 Å². The van der Waals surface area contributed by atoms with E-state index in [1.807, 2.05) is 37.3 Å². The summed E-state index contributed by atoms with van der Waals surface area (Å²) in [4.78, 5) is 11.9. The lowest BCUT2D eigenvalue weighted by molar-refractivity contribution is -0.116. The summed E-state index contributed by atoms with van der Waals surface area (Å²) in [6.45, 7) is 2.86. The normalized spacial score (nSPS) is 10.6. The van der Waals surface area contributed by atoms with E-state index in [2.05, 4.69) is 5.32 Å². The molecule has 0 spiro atoms. The number of nitrogens with one attached hydrogen (secondary N) is 1. The smallest absolute Gasteiger partial charge is 0.244 e. The molecule has 5 heteroatoms. The van der Waals surface area contributed by atoms with Gasteiger partial charge < -0.3 is 14.8 Å². The van der Waals surface area contributed by atoms with Gasteiger partial charge in [0.2, 0.25) is 5.91 Å². The number of ether oxygens (including phenoxy) is 2. The van der Waals surface area contributed by atoms with E-state index >= 15 is 0 Å². The van der Waals surface area contributed by atoms with Crippen LogP contribution in [-0.2, 0) is 11.3 Å². The number of halogens is 1. The summed E-state index contributed by atoms with van der Waals surface area (Å²) in [6.07, 6.45) is 3.16. The predicted molar refractivity (Wildman–Crippen MR) is 96.5 cm³/mol. The fourth-order valence-electron chi connectivity index (χ4n) is 2.16. The van der Waals surface area contributed by atoms with Gasteiger partial charge in [-0.3, -0.25) is 4.79 Å². The molecule has 2 rings (SSSR count). The average Bonchev–Trinajstić information content (AvgIpc) is 2.59. The van der Waals surface area contributed by atoms with Gasteiger partial charge in [-0.15, -0.1) is 0 Å². The molecule has 0 atom stereocenters. The Hall–Kier alpha value is -2.46. The fourth-order valence-corrected chi connectivity index (χ4v) is 2.46. The summed E-state index contributed by atoms with van der Waals surface area (Å²) in [5.41, 5.74) is 1.81. The highest BCUT2D eigenvalue weighted by Gasteiger charge is 2.10. The van der Waals surface area contributed by atoms with Crippen molar-refractivity contribution in [2.24, 2.45) is 0 Å². The first kappa shape index (κ1) is 17.9. The lowest BCUT2D eigenvalue weighted by atomic mass is 10.2. The molecule has 0 aromatic heterocycles. The number of benzene rings is 2. The van der Waals surface area contributed by atoms with Gasteiger partial charge in [-0.1, -0.05) is 41.9 Å². The van der Waals surface area contributed by atoms with Gasteiger partial charge in [-0.2, -0.15) is 0 Å². The van der Waals surface area contributed by atoms with Crippen molar-refractivity contribution >= 4 is 23.6 Å². The molecular formula is C19H20ClNO3. The van der Waals surface area contributed by atoms with Crippen LogP contribution in [0.15, 0.2) is 48.5 Å². The van der Waals surface area contributed by atoms with Crippen LogP contribution in [0.5, 0.6) is 11.5 Å². The van der Waals surface area contributed by atoms with Gasteiger partial charge >= 0.3 is 0 Å². The molecule has 0 saturated carbocycles. The van der Waals surface area contributed by atoms with Gasteiger partial charge in [0.05, 0.1) is 18.7 Å². The largest absolute Gasteiger partial charge is 0.491 e. The van der Waals surface area contributed by atoms with Gasteiger partial charge in [0.25, 0.3) is 0 Å². The first-order valence-corrected chi connectivity index (χ1v) is 8.02. The Morgan fingerprint density at radius 2 is 2.00 bits per heavy atom. The van der Waals surface area contributed by atoms with E-state index in [4.69, 9.17) is 21.1 Å². The molecule has 0 radical (unpaired) electrons. The molecule has 0 bridgehead atoms. The van der Waals surface area contributed by atoms with Crippen molar-refractivity contribution in [2.45, 2.75) is 13.5 Å². The molecule has 0 heterocycles. The lowest BCUT2D eigenvalue weighted by Gasteiger charge is -2.11. The van der Waals surface area contributed by atoms with Gasteiger partial charge in [-0.25, -0.2) is 0 Å². The molecule has 0 saturated heterocycles. The molecule has 0 fully saturated rings. The highest BCUT2D eigenvalue weighted by molar-refractivity contribution is 6.32. The monoisotopic (exact) mass is 345 g/mol. The molecule has 24 heavy (non-hydrogen) atoms. The predicted octanol–water partition coefficient (Wildman–Crippen LogP) is 4.08. The average molecular weight is 346 g/mol. The molecule has 4 nitrogen and oxygen atoms in total. The quantitative estimate of drug-likeness (QED) is 0.769. The van der Waals surface area contributed by atoms with E-state index in [0.717, 1.165) is 11.1 Å². The van der Waals surface area contributed by atoms with Crippen molar-refractivity contribution < 1.29 is 14.3 Å². The number of methoxy groups -OCH3 is 1. The number of hydrogen-bond donors (Lipinski definition) is 1. The van der Waals surface area contributed by atoms with Crippen molar-refractivity contribution in [3.05, 3.63) is 64.7 Å². The van der Waals surface area contributed by atoms with Gasteiger partial charge in [-0.05, 0) is 36.3 Å². The molecule has 0 aliphatic heterocycles. The third-order valence-corrected chi connectivity index (χ3v) is 3.55. The molecule has 1 amide bonds. The maximum absolute atomic E-state index is 11.9. The zero-order valence-electron chi connectivity index (χ0n) is 13.7. The SMILES string of the molecule is CCOc1cc(/C=C/C(=O)NCc2ccccc2)cc(Cl)c1OC. The minimum Gasteiger partial charge on any atom is -0.491 e. The second kappa shape index (κ2) is 8.99. The molecule has 0 aliphatic carbocycles. The van der Waals surface area contributed by atoms with Gasteiger partial charge in [0.15, 0.2) is 11.5 Å². The highest BCUT2D eigenvalue weighted by atomic mass is 35.5. The van der Waals surface area contributed by atoms with Crippen LogP contribution in [-0.4, -0.2) is 19.6 Å². The zero-order valence-corrected chi connectivity index (χ0v) is 14.5. The summed E-state index contributed by atoms with van der Waals surface area (Å²) >= 11 is 6.19. The Balaban J connectivity index is 2.03. The van der Waals surface area contributed by atoms with Crippen LogP contribution in [0.2, 0.25) is 5.02 Å². The van der Waals surface area contributed by atoms with E-state index in [9.17, 15) is 4.79 Å². The van der Waals surface area contributed by atoms with Crippen LogP contribution in [0.3, 0.4) is 0 Å². The maximum Gasteiger partial charge on any atom is 0.244 e. The molecular weight excluding hydrogens is 326 g/mol. The number of amides is 1. The van der Waals surface area contributed by atoms with Crippen LogP contribution in [0.1, 0.15) is 18.1 Å². The number of carbonyl (C=O) groups excluding carboxylic acids is 1. The standard InChI is InChI=1S/C19H20ClNO3/c1-3-24-17-12-15(11-16(20)19(17)23-2)9-10-18(22)21-13-14-7-5-4-6-8-14/h4-12H,3,13H2,1-2H3,(H,21,22)/b10-9+. The fraction of sp³-hybridized carbons (Fsp3) is 0.211. The first-order chi connectivity index (χ1) is 11.6. The minimum absolute atomic E-state index is 0.177. The Labute approximate surface area is 147 Å². The van der Waals surface area contributed by atoms with Crippen molar-refractivity contribution in [1.82, 2.24) is 5.32 Å². The van der Waals surface area contributed by atoms with E-state index in [0.29, 0.717) is 29.7 Å². The second-order valence-corrected chi connectivity index (χ2v) is 5.41. The van der Waals surface area contributed by atoms with E-state index in [-0.39, 0.29) is 5.91 Å². The van der Waals surface area contributed by atoms with Gasteiger partial charge in [0, 0.05) is 12.6 Å². The summed E-state index contributed by atoms with van der Waals surface area (Å²) in [5, 5.41) is 3.27. The highest BCUT2D eigenvalue weighted by Crippen LogP contribution is 2.36. The number of carbonyl (C=O) groups is 1. The Kier molecular flexibility index (Phi) is 6.70. The van der Waals surface area contributed by atoms with E-state index in [1.54, 1.807) is 18.2 Å². The number of hydrogen-bond acceptors (Lipinski definition) is 3. The summed E-state index contributed by atoms with van der Waals surface area (Å²) in [7, 11) is 1.54. The van der Waals surface area contributed by atoms with Crippen molar-refractivity contribution in [3.63, 3.8) is 0 Å². The molecule has 0 aliphatic rings.